The molecule has 0 saturated carbocycles. The zero-order valence-corrected chi connectivity index (χ0v) is 16.1. The maximum absolute atomic E-state index is 10.6. The largest absolute Gasteiger partial charge is 0.481 e. The van der Waals surface area contributed by atoms with Crippen LogP contribution in [0.1, 0.15) is 42.8 Å². The zero-order chi connectivity index (χ0) is 19.9. The molecule has 2 aromatic rings. The summed E-state index contributed by atoms with van der Waals surface area (Å²) >= 11 is 6.32. The lowest BCUT2D eigenvalue weighted by molar-refractivity contribution is -0.165. The molecule has 1 aliphatic rings. The molecule has 0 fully saturated rings. The van der Waals surface area contributed by atoms with Crippen LogP contribution in [0.3, 0.4) is 0 Å². The number of hydrogen-bond donors (Lipinski definition) is 2. The molecule has 2 unspecified atom stereocenters. The fourth-order valence-corrected chi connectivity index (χ4v) is 3.45. The first-order valence-corrected chi connectivity index (χ1v) is 9.61. The summed E-state index contributed by atoms with van der Waals surface area (Å²) in [6.45, 7) is -0.0719. The lowest BCUT2D eigenvalue weighted by atomic mass is 9.91. The van der Waals surface area contributed by atoms with Crippen molar-refractivity contribution < 1.29 is 24.5 Å². The van der Waals surface area contributed by atoms with E-state index in [-0.39, 0.29) is 25.0 Å². The lowest BCUT2D eigenvalue weighted by Gasteiger charge is -2.36. The second kappa shape index (κ2) is 9.73. The second-order valence-corrected chi connectivity index (χ2v) is 7.06. The molecule has 3 atom stereocenters. The van der Waals surface area contributed by atoms with E-state index in [0.717, 1.165) is 11.1 Å². The fraction of sp³-hybridized carbons (Fsp3) is 0.318. The van der Waals surface area contributed by atoms with Crippen LogP contribution in [0.4, 0.5) is 0 Å². The molecule has 148 valence electrons. The van der Waals surface area contributed by atoms with E-state index in [1.54, 1.807) is 6.07 Å². The molecule has 0 aliphatic carbocycles. The number of halogens is 1. The van der Waals surface area contributed by atoms with Gasteiger partial charge in [0.2, 0.25) is 6.29 Å². The highest BCUT2D eigenvalue weighted by Crippen LogP contribution is 2.45. The molecule has 5 nitrogen and oxygen atoms in total. The highest BCUT2D eigenvalue weighted by atomic mass is 35.5. The fourth-order valence-electron chi connectivity index (χ4n) is 3.23. The Hall–Kier alpha value is -2.34. The molecule has 0 bridgehead atoms. The number of hydrogen-bond acceptors (Lipinski definition) is 4. The molecule has 0 radical (unpaired) electrons. The van der Waals surface area contributed by atoms with E-state index in [1.807, 2.05) is 54.6 Å². The number of aliphatic hydroxyl groups excluding tert-OH is 1. The van der Waals surface area contributed by atoms with Crippen molar-refractivity contribution in [3.63, 3.8) is 0 Å². The van der Waals surface area contributed by atoms with E-state index in [2.05, 4.69) is 0 Å². The molecule has 0 amide bonds. The van der Waals surface area contributed by atoms with E-state index < -0.39 is 12.3 Å². The van der Waals surface area contributed by atoms with Crippen molar-refractivity contribution in [2.45, 2.75) is 31.7 Å². The highest BCUT2D eigenvalue weighted by molar-refractivity contribution is 6.31. The number of ether oxygens (including phenoxy) is 2. The minimum atomic E-state index is -0.826. The first-order chi connectivity index (χ1) is 13.6. The number of carbonyl (C=O) groups is 1. The van der Waals surface area contributed by atoms with Gasteiger partial charge < -0.3 is 19.7 Å². The Balaban J connectivity index is 1.81. The number of allylic oxidation sites excluding steroid dienone is 2. The van der Waals surface area contributed by atoms with Crippen molar-refractivity contribution in [2.24, 2.45) is 5.92 Å². The minimum absolute atomic E-state index is 0.0719. The van der Waals surface area contributed by atoms with Gasteiger partial charge in [0.15, 0.2) is 0 Å². The standard InChI is InChI=1S/C22H23ClO5/c23-18-11-6-4-9-16(18)22-27-19-12-7-5-10-17(19)21(28-22)15(14-24)8-2-1-3-13-20(25)26/h1-2,4-7,9-12,15,21-22,24H,3,8,13-14H2,(H,25,26)/t15-,21?,22?/m1/s1. The average Bonchev–Trinajstić information content (AvgIpc) is 2.70. The van der Waals surface area contributed by atoms with Crippen LogP contribution < -0.4 is 4.74 Å². The molecule has 2 N–H and O–H groups in total. The van der Waals surface area contributed by atoms with Crippen molar-refractivity contribution in [1.82, 2.24) is 0 Å². The first-order valence-electron chi connectivity index (χ1n) is 9.23. The van der Waals surface area contributed by atoms with Gasteiger partial charge in [0.1, 0.15) is 5.75 Å². The SMILES string of the molecule is O=C(O)CCC=CC[C@H](CO)C1OC(c2ccccc2Cl)Oc2ccccc21. The van der Waals surface area contributed by atoms with Crippen LogP contribution in [-0.4, -0.2) is 22.8 Å². The van der Waals surface area contributed by atoms with Gasteiger partial charge in [-0.3, -0.25) is 4.79 Å². The Bertz CT molecular complexity index is 835. The van der Waals surface area contributed by atoms with Crippen molar-refractivity contribution in [1.29, 1.82) is 0 Å². The molecular weight excluding hydrogens is 380 g/mol. The van der Waals surface area contributed by atoms with E-state index in [4.69, 9.17) is 26.2 Å². The van der Waals surface area contributed by atoms with Crippen LogP contribution in [0.15, 0.2) is 60.7 Å². The van der Waals surface area contributed by atoms with E-state index >= 15 is 0 Å². The predicted molar refractivity (Wildman–Crippen MR) is 106 cm³/mol. The quantitative estimate of drug-likeness (QED) is 0.613. The topological polar surface area (TPSA) is 76.0 Å². The van der Waals surface area contributed by atoms with Crippen LogP contribution in [-0.2, 0) is 9.53 Å². The highest BCUT2D eigenvalue weighted by Gasteiger charge is 2.35. The first kappa shape index (κ1) is 20.4. The maximum Gasteiger partial charge on any atom is 0.303 e. The van der Waals surface area contributed by atoms with E-state index in [0.29, 0.717) is 23.6 Å². The number of para-hydroxylation sites is 1. The molecule has 0 saturated heterocycles. The Labute approximate surface area is 169 Å². The molecule has 1 aliphatic heterocycles. The van der Waals surface area contributed by atoms with Crippen molar-refractivity contribution in [3.8, 4) is 5.75 Å². The summed E-state index contributed by atoms with van der Waals surface area (Å²) in [6.07, 6.45) is 3.79. The van der Waals surface area contributed by atoms with Gasteiger partial charge in [-0.05, 0) is 25.0 Å². The number of carboxylic acid groups (broad SMARTS) is 1. The Morgan fingerprint density at radius 1 is 1.11 bits per heavy atom. The number of fused-ring (bicyclic) bond motifs is 1. The summed E-state index contributed by atoms with van der Waals surface area (Å²) in [5, 5.41) is 19.3. The second-order valence-electron chi connectivity index (χ2n) is 6.65. The van der Waals surface area contributed by atoms with Crippen molar-refractivity contribution >= 4 is 17.6 Å². The van der Waals surface area contributed by atoms with Gasteiger partial charge in [-0.15, -0.1) is 0 Å². The number of aliphatic hydroxyl groups is 1. The lowest BCUT2D eigenvalue weighted by Crippen LogP contribution is -2.28. The molecule has 1 heterocycles. The van der Waals surface area contributed by atoms with Gasteiger partial charge in [-0.1, -0.05) is 60.2 Å². The number of rotatable bonds is 8. The summed E-state index contributed by atoms with van der Waals surface area (Å²) in [5.74, 6) is -0.319. The third kappa shape index (κ3) is 4.93. The van der Waals surface area contributed by atoms with Crippen LogP contribution in [0.5, 0.6) is 5.75 Å². The van der Waals surface area contributed by atoms with Crippen molar-refractivity contribution in [2.75, 3.05) is 6.61 Å². The van der Waals surface area contributed by atoms with Gasteiger partial charge in [0.05, 0.1) is 11.1 Å². The van der Waals surface area contributed by atoms with Gasteiger partial charge in [-0.25, -0.2) is 0 Å². The third-order valence-electron chi connectivity index (χ3n) is 4.68. The van der Waals surface area contributed by atoms with E-state index in [1.165, 1.54) is 0 Å². The molecule has 3 rings (SSSR count). The third-order valence-corrected chi connectivity index (χ3v) is 5.03. The molecule has 28 heavy (non-hydrogen) atoms. The molecule has 0 spiro atoms. The van der Waals surface area contributed by atoms with E-state index in [9.17, 15) is 9.90 Å². The number of aliphatic carboxylic acids is 1. The number of carboxylic acids is 1. The summed E-state index contributed by atoms with van der Waals surface area (Å²) in [7, 11) is 0. The van der Waals surface area contributed by atoms with Crippen LogP contribution >= 0.6 is 11.6 Å². The Morgan fingerprint density at radius 3 is 2.54 bits per heavy atom. The van der Waals surface area contributed by atoms with Gasteiger partial charge >= 0.3 is 5.97 Å². The monoisotopic (exact) mass is 402 g/mol. The summed E-state index contributed by atoms with van der Waals surface area (Å²) in [4.78, 5) is 10.6. The van der Waals surface area contributed by atoms with Crippen molar-refractivity contribution in [3.05, 3.63) is 76.8 Å². The molecule has 2 aromatic carbocycles. The summed E-state index contributed by atoms with van der Waals surface area (Å²) in [6, 6.07) is 15.0. The normalized spacial score (nSPS) is 19.8. The maximum atomic E-state index is 10.6. The van der Waals surface area contributed by atoms with Crippen LogP contribution in [0.2, 0.25) is 5.02 Å². The Morgan fingerprint density at radius 2 is 1.82 bits per heavy atom. The molecular formula is C22H23ClO5. The number of benzene rings is 2. The van der Waals surface area contributed by atoms with Gasteiger partial charge in [-0.2, -0.15) is 0 Å². The molecule has 0 aromatic heterocycles. The minimum Gasteiger partial charge on any atom is -0.481 e. The zero-order valence-electron chi connectivity index (χ0n) is 15.3. The summed E-state index contributed by atoms with van der Waals surface area (Å²) in [5.41, 5.74) is 1.61. The van der Waals surface area contributed by atoms with Crippen LogP contribution in [0.25, 0.3) is 0 Å². The smallest absolute Gasteiger partial charge is 0.303 e. The molecule has 6 heteroatoms. The van der Waals surface area contributed by atoms with Gasteiger partial charge in [0.25, 0.3) is 0 Å². The van der Waals surface area contributed by atoms with Crippen LogP contribution in [0, 0.1) is 5.92 Å². The average molecular weight is 403 g/mol. The van der Waals surface area contributed by atoms with Gasteiger partial charge in [0, 0.05) is 30.1 Å². The predicted octanol–water partition coefficient (Wildman–Crippen LogP) is 4.91. The summed E-state index contributed by atoms with van der Waals surface area (Å²) < 4.78 is 12.3. The Kier molecular flexibility index (Phi) is 7.09.